The molecular formula is C16H15ClO. The Kier molecular flexibility index (Phi) is 3.00. The molecule has 92 valence electrons. The Labute approximate surface area is 112 Å². The van der Waals surface area contributed by atoms with Crippen LogP contribution in [0, 0.1) is 6.92 Å². The van der Waals surface area contributed by atoms with Gasteiger partial charge in [-0.05, 0) is 48.6 Å². The number of hydrogen-bond donors (Lipinski definition) is 0. The summed E-state index contributed by atoms with van der Waals surface area (Å²) in [7, 11) is 0. The Morgan fingerprint density at radius 2 is 1.94 bits per heavy atom. The Bertz CT molecular complexity index is 590. The van der Waals surface area contributed by atoms with Crippen LogP contribution in [0.5, 0.6) is 5.75 Å². The third kappa shape index (κ3) is 1.99. The number of benzene rings is 2. The highest BCUT2D eigenvalue weighted by molar-refractivity contribution is 6.31. The predicted octanol–water partition coefficient (Wildman–Crippen LogP) is 4.64. The second kappa shape index (κ2) is 4.66. The second-order valence-electron chi connectivity index (χ2n) is 4.71. The second-order valence-corrected chi connectivity index (χ2v) is 5.14. The van der Waals surface area contributed by atoms with Crippen LogP contribution >= 0.6 is 11.6 Å². The molecule has 1 nitrogen and oxygen atoms in total. The van der Waals surface area contributed by atoms with Gasteiger partial charge in [-0.1, -0.05) is 35.9 Å². The van der Waals surface area contributed by atoms with Gasteiger partial charge >= 0.3 is 0 Å². The molecule has 0 aliphatic carbocycles. The molecule has 0 spiro atoms. The lowest BCUT2D eigenvalue weighted by Gasteiger charge is -2.21. The van der Waals surface area contributed by atoms with Gasteiger partial charge in [0, 0.05) is 10.6 Å². The maximum Gasteiger partial charge on any atom is 0.130 e. The molecule has 3 rings (SSSR count). The maximum atomic E-state index is 6.23. The summed E-state index contributed by atoms with van der Waals surface area (Å²) in [5, 5.41) is 0.789. The van der Waals surface area contributed by atoms with Crippen molar-refractivity contribution < 1.29 is 4.74 Å². The molecule has 0 amide bonds. The first-order chi connectivity index (χ1) is 8.75. The Balaban J connectivity index is 2.23. The van der Waals surface area contributed by atoms with Gasteiger partial charge in [0.1, 0.15) is 5.75 Å². The summed E-state index contributed by atoms with van der Waals surface area (Å²) in [4.78, 5) is 0. The van der Waals surface area contributed by atoms with Crippen molar-refractivity contribution in [1.82, 2.24) is 0 Å². The van der Waals surface area contributed by atoms with E-state index in [4.69, 9.17) is 16.3 Å². The third-order valence-corrected chi connectivity index (χ3v) is 3.62. The van der Waals surface area contributed by atoms with Crippen molar-refractivity contribution in [2.45, 2.75) is 19.8 Å². The van der Waals surface area contributed by atoms with E-state index in [0.717, 1.165) is 35.8 Å². The summed E-state index contributed by atoms with van der Waals surface area (Å²) in [5.41, 5.74) is 4.80. The van der Waals surface area contributed by atoms with Crippen LogP contribution in [0.3, 0.4) is 0 Å². The van der Waals surface area contributed by atoms with E-state index in [9.17, 15) is 0 Å². The van der Waals surface area contributed by atoms with Crippen LogP contribution in [0.1, 0.15) is 17.5 Å². The van der Waals surface area contributed by atoms with E-state index in [0.29, 0.717) is 0 Å². The summed E-state index contributed by atoms with van der Waals surface area (Å²) in [6.07, 6.45) is 2.12. The van der Waals surface area contributed by atoms with Gasteiger partial charge in [-0.15, -0.1) is 0 Å². The Morgan fingerprint density at radius 3 is 2.78 bits per heavy atom. The topological polar surface area (TPSA) is 9.23 Å². The molecule has 0 bridgehead atoms. The molecule has 0 fully saturated rings. The average Bonchev–Trinajstić information content (AvgIpc) is 2.38. The molecule has 2 aromatic rings. The van der Waals surface area contributed by atoms with Gasteiger partial charge in [-0.3, -0.25) is 0 Å². The van der Waals surface area contributed by atoms with Gasteiger partial charge in [0.2, 0.25) is 0 Å². The highest BCUT2D eigenvalue weighted by Crippen LogP contribution is 2.39. The lowest BCUT2D eigenvalue weighted by Crippen LogP contribution is -2.09. The lowest BCUT2D eigenvalue weighted by atomic mass is 9.95. The summed E-state index contributed by atoms with van der Waals surface area (Å²) in [5.74, 6) is 1.01. The SMILES string of the molecule is Cc1ccccc1-c1cc(Cl)cc2c1OCCC2. The van der Waals surface area contributed by atoms with E-state index >= 15 is 0 Å². The van der Waals surface area contributed by atoms with Crippen LogP contribution < -0.4 is 4.74 Å². The smallest absolute Gasteiger partial charge is 0.130 e. The van der Waals surface area contributed by atoms with Crippen molar-refractivity contribution in [1.29, 1.82) is 0 Å². The molecule has 1 heterocycles. The van der Waals surface area contributed by atoms with Crippen molar-refractivity contribution in [3.05, 3.63) is 52.5 Å². The molecule has 2 heteroatoms. The van der Waals surface area contributed by atoms with Crippen LogP contribution in [-0.4, -0.2) is 6.61 Å². The Morgan fingerprint density at radius 1 is 1.11 bits per heavy atom. The number of hydrogen-bond acceptors (Lipinski definition) is 1. The van der Waals surface area contributed by atoms with E-state index in [1.54, 1.807) is 0 Å². The molecule has 0 saturated carbocycles. The molecular weight excluding hydrogens is 244 g/mol. The standard InChI is InChI=1S/C16H15ClO/c1-11-5-2-3-7-14(11)15-10-13(17)9-12-6-4-8-18-16(12)15/h2-3,5,7,9-10H,4,6,8H2,1H3. The summed E-state index contributed by atoms with van der Waals surface area (Å²) in [6.45, 7) is 2.92. The minimum atomic E-state index is 0.789. The van der Waals surface area contributed by atoms with Crippen molar-refractivity contribution in [2.24, 2.45) is 0 Å². The minimum Gasteiger partial charge on any atom is -0.493 e. The summed E-state index contributed by atoms with van der Waals surface area (Å²) < 4.78 is 5.86. The molecule has 2 aromatic carbocycles. The number of fused-ring (bicyclic) bond motifs is 1. The molecule has 0 saturated heterocycles. The van der Waals surface area contributed by atoms with E-state index in [1.807, 2.05) is 12.1 Å². The monoisotopic (exact) mass is 258 g/mol. The van der Waals surface area contributed by atoms with Crippen LogP contribution in [0.25, 0.3) is 11.1 Å². The highest BCUT2D eigenvalue weighted by atomic mass is 35.5. The lowest BCUT2D eigenvalue weighted by molar-refractivity contribution is 0.289. The molecule has 0 N–H and O–H groups in total. The van der Waals surface area contributed by atoms with E-state index in [1.165, 1.54) is 16.7 Å². The zero-order chi connectivity index (χ0) is 12.5. The molecule has 0 radical (unpaired) electrons. The van der Waals surface area contributed by atoms with Crippen LogP contribution in [0.2, 0.25) is 5.02 Å². The average molecular weight is 259 g/mol. The molecule has 0 unspecified atom stereocenters. The number of halogens is 1. The fourth-order valence-corrected chi connectivity index (χ4v) is 2.76. The Hall–Kier alpha value is -1.47. The van der Waals surface area contributed by atoms with Crippen LogP contribution in [-0.2, 0) is 6.42 Å². The van der Waals surface area contributed by atoms with Gasteiger partial charge in [0.25, 0.3) is 0 Å². The quantitative estimate of drug-likeness (QED) is 0.724. The van der Waals surface area contributed by atoms with E-state index in [-0.39, 0.29) is 0 Å². The number of rotatable bonds is 1. The van der Waals surface area contributed by atoms with Gasteiger partial charge in [-0.25, -0.2) is 0 Å². The fourth-order valence-electron chi connectivity index (χ4n) is 2.52. The summed E-state index contributed by atoms with van der Waals surface area (Å²) >= 11 is 6.23. The third-order valence-electron chi connectivity index (χ3n) is 3.40. The van der Waals surface area contributed by atoms with Crippen molar-refractivity contribution in [2.75, 3.05) is 6.61 Å². The van der Waals surface area contributed by atoms with Gasteiger partial charge < -0.3 is 4.74 Å². The fraction of sp³-hybridized carbons (Fsp3) is 0.250. The van der Waals surface area contributed by atoms with Crippen molar-refractivity contribution >= 4 is 11.6 Å². The van der Waals surface area contributed by atoms with Gasteiger partial charge in [0.15, 0.2) is 0 Å². The molecule has 18 heavy (non-hydrogen) atoms. The summed E-state index contributed by atoms with van der Waals surface area (Å²) in [6, 6.07) is 12.4. The molecule has 0 atom stereocenters. The van der Waals surface area contributed by atoms with Crippen LogP contribution in [0.15, 0.2) is 36.4 Å². The zero-order valence-electron chi connectivity index (χ0n) is 10.4. The minimum absolute atomic E-state index is 0.789. The first-order valence-corrected chi connectivity index (χ1v) is 6.65. The zero-order valence-corrected chi connectivity index (χ0v) is 11.1. The number of ether oxygens (including phenoxy) is 1. The predicted molar refractivity (Wildman–Crippen MR) is 75.4 cm³/mol. The molecule has 1 aliphatic rings. The van der Waals surface area contributed by atoms with E-state index < -0.39 is 0 Å². The van der Waals surface area contributed by atoms with Gasteiger partial charge in [-0.2, -0.15) is 0 Å². The molecule has 1 aliphatic heterocycles. The van der Waals surface area contributed by atoms with Gasteiger partial charge in [0.05, 0.1) is 6.61 Å². The van der Waals surface area contributed by atoms with E-state index in [2.05, 4.69) is 31.2 Å². The largest absolute Gasteiger partial charge is 0.493 e. The normalized spacial score (nSPS) is 13.9. The molecule has 0 aromatic heterocycles. The first-order valence-electron chi connectivity index (χ1n) is 6.27. The van der Waals surface area contributed by atoms with Crippen molar-refractivity contribution in [3.8, 4) is 16.9 Å². The van der Waals surface area contributed by atoms with Crippen LogP contribution in [0.4, 0.5) is 0 Å². The highest BCUT2D eigenvalue weighted by Gasteiger charge is 2.17. The van der Waals surface area contributed by atoms with Crippen molar-refractivity contribution in [3.63, 3.8) is 0 Å². The number of aryl methyl sites for hydroxylation is 2. The maximum absolute atomic E-state index is 6.23. The first kappa shape index (κ1) is 11.6.